The molecular formula is C14H14F2N2O2S. The Labute approximate surface area is 121 Å². The first-order valence-electron chi connectivity index (χ1n) is 6.13. The van der Waals surface area contributed by atoms with Gasteiger partial charge in [0.1, 0.15) is 11.6 Å². The summed E-state index contributed by atoms with van der Waals surface area (Å²) in [4.78, 5) is 0. The van der Waals surface area contributed by atoms with Gasteiger partial charge in [0.05, 0.1) is 11.4 Å². The number of anilines is 1. The van der Waals surface area contributed by atoms with Gasteiger partial charge >= 0.3 is 0 Å². The summed E-state index contributed by atoms with van der Waals surface area (Å²) in [7, 11) is -3.87. The van der Waals surface area contributed by atoms with E-state index < -0.39 is 27.3 Å². The van der Waals surface area contributed by atoms with Crippen LogP contribution < -0.4 is 10.5 Å². The number of nitrogens with two attached hydrogens (primary N) is 1. The monoisotopic (exact) mass is 312 g/mol. The molecule has 2 aromatic carbocycles. The van der Waals surface area contributed by atoms with Gasteiger partial charge in [-0.25, -0.2) is 17.2 Å². The van der Waals surface area contributed by atoms with Crippen LogP contribution in [0.1, 0.15) is 11.1 Å². The third kappa shape index (κ3) is 3.99. The van der Waals surface area contributed by atoms with Crippen molar-refractivity contribution in [3.05, 3.63) is 65.2 Å². The number of hydrogen-bond donors (Lipinski definition) is 2. The van der Waals surface area contributed by atoms with Gasteiger partial charge in [0, 0.05) is 12.6 Å². The summed E-state index contributed by atoms with van der Waals surface area (Å²) in [5, 5.41) is 0. The van der Waals surface area contributed by atoms with Crippen LogP contribution in [0.15, 0.2) is 42.5 Å². The van der Waals surface area contributed by atoms with Gasteiger partial charge in [0.2, 0.25) is 10.0 Å². The number of hydrogen-bond acceptors (Lipinski definition) is 3. The fraction of sp³-hybridized carbons (Fsp3) is 0.143. The molecular weight excluding hydrogens is 298 g/mol. The second-order valence-corrected chi connectivity index (χ2v) is 6.18. The summed E-state index contributed by atoms with van der Waals surface area (Å²) < 4.78 is 52.7. The lowest BCUT2D eigenvalue weighted by atomic mass is 10.1. The normalized spacial score (nSPS) is 11.4. The molecule has 0 heterocycles. The fourth-order valence-corrected chi connectivity index (χ4v) is 3.14. The highest BCUT2D eigenvalue weighted by Crippen LogP contribution is 2.19. The second-order valence-electron chi connectivity index (χ2n) is 4.46. The SMILES string of the molecule is NCc1ccccc1CS(=O)(=O)Nc1cc(F)ccc1F. The van der Waals surface area contributed by atoms with E-state index in [2.05, 4.69) is 0 Å². The molecule has 0 aliphatic heterocycles. The van der Waals surface area contributed by atoms with Gasteiger partial charge in [0.15, 0.2) is 0 Å². The highest BCUT2D eigenvalue weighted by Gasteiger charge is 2.16. The van der Waals surface area contributed by atoms with E-state index in [4.69, 9.17) is 5.73 Å². The number of benzene rings is 2. The first-order valence-corrected chi connectivity index (χ1v) is 7.79. The molecule has 3 N–H and O–H groups in total. The minimum atomic E-state index is -3.87. The van der Waals surface area contributed by atoms with Crippen LogP contribution in [0, 0.1) is 11.6 Å². The highest BCUT2D eigenvalue weighted by molar-refractivity contribution is 7.91. The lowest BCUT2D eigenvalue weighted by Gasteiger charge is -2.11. The van der Waals surface area contributed by atoms with Crippen LogP contribution in [0.2, 0.25) is 0 Å². The van der Waals surface area contributed by atoms with Gasteiger partial charge in [0.25, 0.3) is 0 Å². The minimum Gasteiger partial charge on any atom is -0.326 e. The standard InChI is InChI=1S/C14H14F2N2O2S/c15-12-5-6-13(16)14(7-12)18-21(19,20)9-11-4-2-1-3-10(11)8-17/h1-7,18H,8-9,17H2. The Morgan fingerprint density at radius 3 is 2.38 bits per heavy atom. The molecule has 0 unspecified atom stereocenters. The van der Waals surface area contributed by atoms with E-state index in [0.29, 0.717) is 11.1 Å². The van der Waals surface area contributed by atoms with Gasteiger partial charge in [-0.1, -0.05) is 24.3 Å². The van der Waals surface area contributed by atoms with Crippen molar-refractivity contribution in [3.63, 3.8) is 0 Å². The lowest BCUT2D eigenvalue weighted by Crippen LogP contribution is -2.17. The largest absolute Gasteiger partial charge is 0.326 e. The minimum absolute atomic E-state index is 0.194. The molecule has 0 saturated carbocycles. The number of nitrogens with one attached hydrogen (secondary N) is 1. The van der Waals surface area contributed by atoms with Crippen molar-refractivity contribution < 1.29 is 17.2 Å². The number of halogens is 2. The zero-order valence-electron chi connectivity index (χ0n) is 11.0. The molecule has 0 bridgehead atoms. The molecule has 0 amide bonds. The Hall–Kier alpha value is -1.99. The van der Waals surface area contributed by atoms with Crippen LogP contribution in [0.5, 0.6) is 0 Å². The van der Waals surface area contributed by atoms with Crippen LogP contribution in [0.25, 0.3) is 0 Å². The van der Waals surface area contributed by atoms with Crippen LogP contribution in [-0.4, -0.2) is 8.42 Å². The van der Waals surface area contributed by atoms with Crippen molar-refractivity contribution >= 4 is 15.7 Å². The third-order valence-electron chi connectivity index (χ3n) is 2.88. The smallest absolute Gasteiger partial charge is 0.237 e. The quantitative estimate of drug-likeness (QED) is 0.890. The third-order valence-corrected chi connectivity index (χ3v) is 4.10. The second kappa shape index (κ2) is 6.19. The molecule has 0 atom stereocenters. The van der Waals surface area contributed by atoms with Crippen LogP contribution >= 0.6 is 0 Å². The van der Waals surface area contributed by atoms with Crippen LogP contribution in [0.4, 0.5) is 14.5 Å². The molecule has 0 aliphatic rings. The van der Waals surface area contributed by atoms with Gasteiger partial charge in [-0.3, -0.25) is 4.72 Å². The predicted octanol–water partition coefficient (Wildman–Crippen LogP) is 2.37. The molecule has 7 heteroatoms. The average molecular weight is 312 g/mol. The van der Waals surface area contributed by atoms with E-state index in [9.17, 15) is 17.2 Å². The Balaban J connectivity index is 2.25. The fourth-order valence-electron chi connectivity index (χ4n) is 1.88. The molecule has 112 valence electrons. The first-order chi connectivity index (χ1) is 9.91. The van der Waals surface area contributed by atoms with Crippen molar-refractivity contribution in [3.8, 4) is 0 Å². The lowest BCUT2D eigenvalue weighted by molar-refractivity contribution is 0.593. The van der Waals surface area contributed by atoms with E-state index in [0.717, 1.165) is 18.2 Å². The molecule has 4 nitrogen and oxygen atoms in total. The number of sulfonamides is 1. The molecule has 0 fully saturated rings. The van der Waals surface area contributed by atoms with Crippen LogP contribution in [0.3, 0.4) is 0 Å². The zero-order valence-corrected chi connectivity index (χ0v) is 11.8. The molecule has 0 aliphatic carbocycles. The molecule has 0 radical (unpaired) electrons. The summed E-state index contributed by atoms with van der Waals surface area (Å²) in [6, 6.07) is 9.35. The van der Waals surface area contributed by atoms with Gasteiger partial charge in [-0.05, 0) is 23.3 Å². The summed E-state index contributed by atoms with van der Waals surface area (Å²) in [5.41, 5.74) is 6.33. The topological polar surface area (TPSA) is 72.2 Å². The molecule has 2 rings (SSSR count). The average Bonchev–Trinajstić information content (AvgIpc) is 2.43. The van der Waals surface area contributed by atoms with E-state index in [1.54, 1.807) is 24.3 Å². The molecule has 0 aromatic heterocycles. The Kier molecular flexibility index (Phi) is 4.54. The molecule has 0 spiro atoms. The maximum atomic E-state index is 13.5. The van der Waals surface area contributed by atoms with Crippen molar-refractivity contribution in [1.82, 2.24) is 0 Å². The summed E-state index contributed by atoms with van der Waals surface area (Å²) in [5.74, 6) is -1.93. The van der Waals surface area contributed by atoms with Crippen molar-refractivity contribution in [2.75, 3.05) is 4.72 Å². The van der Waals surface area contributed by atoms with E-state index in [-0.39, 0.29) is 12.3 Å². The molecule has 21 heavy (non-hydrogen) atoms. The van der Waals surface area contributed by atoms with Crippen LogP contribution in [-0.2, 0) is 22.3 Å². The number of rotatable bonds is 5. The summed E-state index contributed by atoms with van der Waals surface area (Å²) >= 11 is 0. The zero-order chi connectivity index (χ0) is 15.5. The molecule has 2 aromatic rings. The summed E-state index contributed by atoms with van der Waals surface area (Å²) in [6.45, 7) is 0.194. The molecule has 0 saturated heterocycles. The van der Waals surface area contributed by atoms with Crippen molar-refractivity contribution in [1.29, 1.82) is 0 Å². The van der Waals surface area contributed by atoms with E-state index in [1.807, 2.05) is 4.72 Å². The van der Waals surface area contributed by atoms with Gasteiger partial charge in [-0.15, -0.1) is 0 Å². The maximum absolute atomic E-state index is 13.5. The Morgan fingerprint density at radius 2 is 1.71 bits per heavy atom. The highest BCUT2D eigenvalue weighted by atomic mass is 32.2. The van der Waals surface area contributed by atoms with Gasteiger partial charge in [-0.2, -0.15) is 0 Å². The van der Waals surface area contributed by atoms with E-state index in [1.165, 1.54) is 0 Å². The van der Waals surface area contributed by atoms with E-state index >= 15 is 0 Å². The maximum Gasteiger partial charge on any atom is 0.237 e. The van der Waals surface area contributed by atoms with Crippen molar-refractivity contribution in [2.24, 2.45) is 5.73 Å². The van der Waals surface area contributed by atoms with Crippen molar-refractivity contribution in [2.45, 2.75) is 12.3 Å². The first kappa shape index (κ1) is 15.4. The predicted molar refractivity (Wildman–Crippen MR) is 76.9 cm³/mol. The Morgan fingerprint density at radius 1 is 1.05 bits per heavy atom. The Bertz CT molecular complexity index is 748. The van der Waals surface area contributed by atoms with Gasteiger partial charge < -0.3 is 5.73 Å². The summed E-state index contributed by atoms with van der Waals surface area (Å²) in [6.07, 6.45) is 0.